The Kier molecular flexibility index (Phi) is 5.52. The number of nitrogens with zero attached hydrogens (tertiary/aromatic N) is 2. The third-order valence-corrected chi connectivity index (χ3v) is 10.2. The molecule has 0 aliphatic carbocycles. The fourth-order valence-corrected chi connectivity index (χ4v) is 8.26. The number of aromatic amines is 1. The van der Waals surface area contributed by atoms with Crippen LogP contribution in [0.15, 0.2) is 36.7 Å². The van der Waals surface area contributed by atoms with Crippen LogP contribution in [-0.4, -0.2) is 60.9 Å². The van der Waals surface area contributed by atoms with Crippen LogP contribution < -0.4 is 4.74 Å². The summed E-state index contributed by atoms with van der Waals surface area (Å²) in [6.45, 7) is 4.59. The third kappa shape index (κ3) is 3.72. The fraction of sp³-hybridized carbons (Fsp3) is 0.417. The van der Waals surface area contributed by atoms with Gasteiger partial charge in [0, 0.05) is 30.9 Å². The van der Waals surface area contributed by atoms with Gasteiger partial charge in [-0.25, -0.2) is 9.78 Å². The van der Waals surface area contributed by atoms with E-state index < -0.39 is 15.5 Å². The van der Waals surface area contributed by atoms with Gasteiger partial charge in [0.2, 0.25) is 0 Å². The SMILES string of the molecule is COc1cc(C)c2[nH]cnc2c1CN1CC[C@@]2(CCCO2)[SiH2][C@H]1c1ccc(C(=O)O)cc1. The number of nitrogens with one attached hydrogen (secondary N) is 1. The molecule has 1 aromatic heterocycles. The fourth-order valence-electron chi connectivity index (χ4n) is 5.40. The largest absolute Gasteiger partial charge is 0.496 e. The Labute approximate surface area is 189 Å². The number of carbonyl (C=O) groups is 1. The van der Waals surface area contributed by atoms with Gasteiger partial charge in [0.15, 0.2) is 0 Å². The Hall–Kier alpha value is -2.68. The van der Waals surface area contributed by atoms with E-state index in [4.69, 9.17) is 9.47 Å². The van der Waals surface area contributed by atoms with Gasteiger partial charge in [0.05, 0.1) is 44.8 Å². The summed E-state index contributed by atoms with van der Waals surface area (Å²) in [4.78, 5) is 21.8. The molecule has 8 heteroatoms. The molecule has 7 nitrogen and oxygen atoms in total. The van der Waals surface area contributed by atoms with E-state index in [1.807, 2.05) is 12.1 Å². The Morgan fingerprint density at radius 1 is 1.38 bits per heavy atom. The summed E-state index contributed by atoms with van der Waals surface area (Å²) in [6.07, 6.45) is 5.08. The summed E-state index contributed by atoms with van der Waals surface area (Å²) in [7, 11) is 1.03. The number of aryl methyl sites for hydroxylation is 1. The number of hydrogen-bond acceptors (Lipinski definition) is 5. The molecule has 2 atom stereocenters. The third-order valence-electron chi connectivity index (χ3n) is 7.13. The molecule has 2 aliphatic rings. The average molecular weight is 452 g/mol. The molecule has 0 radical (unpaired) electrons. The zero-order chi connectivity index (χ0) is 22.3. The summed E-state index contributed by atoms with van der Waals surface area (Å²) < 4.78 is 12.1. The molecule has 2 fully saturated rings. The van der Waals surface area contributed by atoms with E-state index >= 15 is 0 Å². The normalized spacial score (nSPS) is 24.5. The monoisotopic (exact) mass is 451 g/mol. The molecule has 3 heterocycles. The van der Waals surface area contributed by atoms with E-state index in [1.54, 1.807) is 25.6 Å². The maximum absolute atomic E-state index is 11.3. The van der Waals surface area contributed by atoms with E-state index in [0.717, 1.165) is 66.9 Å². The predicted molar refractivity (Wildman–Crippen MR) is 125 cm³/mol. The van der Waals surface area contributed by atoms with Crippen molar-refractivity contribution in [2.24, 2.45) is 0 Å². The number of rotatable bonds is 5. The number of H-pyrrole nitrogens is 1. The molecule has 5 rings (SSSR count). The number of carboxylic acids is 1. The summed E-state index contributed by atoms with van der Waals surface area (Å²) in [5.74, 6) is -0.0312. The van der Waals surface area contributed by atoms with Crippen molar-refractivity contribution in [3.63, 3.8) is 0 Å². The molecule has 2 saturated heterocycles. The lowest BCUT2D eigenvalue weighted by molar-refractivity contribution is 0.0323. The van der Waals surface area contributed by atoms with Crippen molar-refractivity contribution in [3.8, 4) is 5.75 Å². The number of carboxylic acid groups (broad SMARTS) is 1. The van der Waals surface area contributed by atoms with Crippen LogP contribution in [0.4, 0.5) is 0 Å². The number of aromatic carboxylic acids is 1. The zero-order valence-corrected chi connectivity index (χ0v) is 20.0. The van der Waals surface area contributed by atoms with E-state index in [1.165, 1.54) is 5.56 Å². The van der Waals surface area contributed by atoms with Gasteiger partial charge in [0.1, 0.15) is 5.75 Å². The number of fused-ring (bicyclic) bond motifs is 1. The average Bonchev–Trinajstić information content (AvgIpc) is 3.47. The summed E-state index contributed by atoms with van der Waals surface area (Å²) in [6, 6.07) is 9.49. The highest BCUT2D eigenvalue weighted by atomic mass is 28.2. The molecule has 168 valence electrons. The second-order valence-electron chi connectivity index (χ2n) is 9.00. The molecule has 0 unspecified atom stereocenters. The van der Waals surface area contributed by atoms with E-state index in [0.29, 0.717) is 5.56 Å². The van der Waals surface area contributed by atoms with E-state index in [9.17, 15) is 9.90 Å². The van der Waals surface area contributed by atoms with Crippen LogP contribution in [-0.2, 0) is 11.3 Å². The van der Waals surface area contributed by atoms with Gasteiger partial charge in [-0.3, -0.25) is 4.90 Å². The van der Waals surface area contributed by atoms with E-state index in [2.05, 4.69) is 27.9 Å². The van der Waals surface area contributed by atoms with Crippen LogP contribution >= 0.6 is 0 Å². The maximum Gasteiger partial charge on any atom is 0.335 e. The number of imidazole rings is 1. The number of methoxy groups -OCH3 is 1. The first-order valence-electron chi connectivity index (χ1n) is 11.2. The minimum Gasteiger partial charge on any atom is -0.496 e. The van der Waals surface area contributed by atoms with Gasteiger partial charge in [-0.15, -0.1) is 0 Å². The predicted octanol–water partition coefficient (Wildman–Crippen LogP) is 3.16. The summed E-state index contributed by atoms with van der Waals surface area (Å²) >= 11 is 0. The topological polar surface area (TPSA) is 87.7 Å². The van der Waals surface area contributed by atoms with Crippen molar-refractivity contribution >= 4 is 26.5 Å². The second kappa shape index (κ2) is 8.35. The Morgan fingerprint density at radius 2 is 2.19 bits per heavy atom. The highest BCUT2D eigenvalue weighted by Crippen LogP contribution is 2.40. The van der Waals surface area contributed by atoms with Crippen LogP contribution in [0, 0.1) is 6.92 Å². The van der Waals surface area contributed by atoms with Crippen molar-refractivity contribution in [1.29, 1.82) is 0 Å². The highest BCUT2D eigenvalue weighted by molar-refractivity contribution is 6.42. The second-order valence-corrected chi connectivity index (χ2v) is 11.5. The van der Waals surface area contributed by atoms with Crippen molar-refractivity contribution in [1.82, 2.24) is 14.9 Å². The first-order chi connectivity index (χ1) is 15.5. The Balaban J connectivity index is 1.52. The minimum absolute atomic E-state index is 0.0612. The lowest BCUT2D eigenvalue weighted by atomic mass is 10.0. The first kappa shape index (κ1) is 21.2. The molecule has 0 amide bonds. The van der Waals surface area contributed by atoms with Gasteiger partial charge in [-0.1, -0.05) is 12.1 Å². The van der Waals surface area contributed by atoms with Crippen molar-refractivity contribution < 1.29 is 19.4 Å². The van der Waals surface area contributed by atoms with Gasteiger partial charge in [0.25, 0.3) is 0 Å². The van der Waals surface area contributed by atoms with Crippen LogP contribution in [0.1, 0.15) is 52.0 Å². The number of benzene rings is 2. The van der Waals surface area contributed by atoms with Gasteiger partial charge in [-0.05, 0) is 55.5 Å². The van der Waals surface area contributed by atoms with Crippen molar-refractivity contribution in [3.05, 3.63) is 58.9 Å². The molecule has 0 bridgehead atoms. The number of hydrogen-bond donors (Lipinski definition) is 2. The summed E-state index contributed by atoms with van der Waals surface area (Å²) in [5.41, 5.74) is 5.99. The van der Waals surface area contributed by atoms with Crippen LogP contribution in [0.2, 0.25) is 0 Å². The van der Waals surface area contributed by atoms with Crippen LogP contribution in [0.25, 0.3) is 11.0 Å². The molecule has 2 N–H and O–H groups in total. The number of aromatic nitrogens is 2. The number of ether oxygens (including phenoxy) is 2. The molecule has 3 aromatic rings. The Morgan fingerprint density at radius 3 is 2.88 bits per heavy atom. The lowest BCUT2D eigenvalue weighted by Gasteiger charge is -2.44. The molecular formula is C24H29N3O4Si. The molecule has 2 aromatic carbocycles. The van der Waals surface area contributed by atoms with Crippen LogP contribution in [0.3, 0.4) is 0 Å². The van der Waals surface area contributed by atoms with E-state index in [-0.39, 0.29) is 10.9 Å². The van der Waals surface area contributed by atoms with Crippen LogP contribution in [0.5, 0.6) is 5.75 Å². The highest BCUT2D eigenvalue weighted by Gasteiger charge is 2.44. The lowest BCUT2D eigenvalue weighted by Crippen LogP contribution is -2.52. The standard InChI is InChI=1S/C24H29N3O4Si/c1-15-12-19(30-2)18(21-20(15)25-14-26-21)13-27-10-9-24(8-3-11-31-24)32-22(27)16-4-6-17(7-5-16)23(28)29/h4-7,12,14,22H,3,8-11,13,32H2,1-2H3,(H,25,26)(H,28,29)/t22-,24+/m0/s1. The van der Waals surface area contributed by atoms with Crippen molar-refractivity contribution in [2.75, 3.05) is 20.3 Å². The molecule has 1 spiro atoms. The maximum atomic E-state index is 11.3. The van der Waals surface area contributed by atoms with Gasteiger partial charge < -0.3 is 19.6 Å². The van der Waals surface area contributed by atoms with Crippen molar-refractivity contribution in [2.45, 2.75) is 43.6 Å². The molecule has 32 heavy (non-hydrogen) atoms. The molecule has 0 saturated carbocycles. The molecular weight excluding hydrogens is 422 g/mol. The summed E-state index contributed by atoms with van der Waals surface area (Å²) in [5, 5.41) is 9.38. The molecule has 2 aliphatic heterocycles. The smallest absolute Gasteiger partial charge is 0.335 e. The first-order valence-corrected chi connectivity index (χ1v) is 12.7. The van der Waals surface area contributed by atoms with Gasteiger partial charge in [-0.2, -0.15) is 0 Å². The Bertz CT molecular complexity index is 1140. The minimum atomic E-state index is -0.893. The zero-order valence-electron chi connectivity index (χ0n) is 18.6. The van der Waals surface area contributed by atoms with Gasteiger partial charge >= 0.3 is 5.97 Å². The quantitative estimate of drug-likeness (QED) is 0.580.